The van der Waals surface area contributed by atoms with Crippen LogP contribution < -0.4 is 0 Å². The molecule has 9 heavy (non-hydrogen) atoms. The predicted molar refractivity (Wildman–Crippen MR) is 31.0 cm³/mol. The molecule has 0 aromatic heterocycles. The molecular formula is C6H10O3. The van der Waals surface area contributed by atoms with E-state index >= 15 is 0 Å². The van der Waals surface area contributed by atoms with E-state index in [1.165, 1.54) is 0 Å². The lowest BCUT2D eigenvalue weighted by Crippen LogP contribution is -2.31. The highest BCUT2D eigenvalue weighted by molar-refractivity contribution is 5.92. The van der Waals surface area contributed by atoms with Crippen molar-refractivity contribution in [2.45, 2.75) is 25.6 Å². The van der Waals surface area contributed by atoms with Crippen molar-refractivity contribution in [1.29, 1.82) is 0 Å². The van der Waals surface area contributed by atoms with Crippen LogP contribution in [0, 0.1) is 0 Å². The summed E-state index contributed by atoms with van der Waals surface area (Å²) in [5.41, 5.74) is -0.764. The van der Waals surface area contributed by atoms with E-state index in [-0.39, 0.29) is 12.4 Å². The van der Waals surface area contributed by atoms with Gasteiger partial charge in [-0.2, -0.15) is 0 Å². The molecule has 3 nitrogen and oxygen atoms in total. The number of ketones is 1. The van der Waals surface area contributed by atoms with Gasteiger partial charge in [0.15, 0.2) is 5.78 Å². The van der Waals surface area contributed by atoms with Gasteiger partial charge in [0, 0.05) is 0 Å². The monoisotopic (exact) mass is 130 g/mol. The van der Waals surface area contributed by atoms with Gasteiger partial charge in [0.25, 0.3) is 0 Å². The molecule has 0 amide bonds. The summed E-state index contributed by atoms with van der Waals surface area (Å²) in [6.07, 6.45) is -0.903. The number of aliphatic hydroxyl groups is 1. The summed E-state index contributed by atoms with van der Waals surface area (Å²) in [6.45, 7) is 3.46. The molecule has 0 bridgehead atoms. The van der Waals surface area contributed by atoms with Crippen molar-refractivity contribution in [3.05, 3.63) is 0 Å². The van der Waals surface area contributed by atoms with Gasteiger partial charge in [-0.3, -0.25) is 4.79 Å². The first-order valence-corrected chi connectivity index (χ1v) is 2.90. The van der Waals surface area contributed by atoms with Gasteiger partial charge in [-0.05, 0) is 13.8 Å². The van der Waals surface area contributed by atoms with Crippen molar-refractivity contribution in [2.24, 2.45) is 0 Å². The first-order chi connectivity index (χ1) is 4.04. The Bertz CT molecular complexity index is 139. The highest BCUT2D eigenvalue weighted by atomic mass is 16.5. The molecule has 0 saturated carbocycles. The normalized spacial score (nSPS) is 33.2. The molecule has 1 N–H and O–H groups in total. The Kier molecular flexibility index (Phi) is 1.33. The van der Waals surface area contributed by atoms with E-state index in [0.29, 0.717) is 0 Å². The van der Waals surface area contributed by atoms with Crippen molar-refractivity contribution in [1.82, 2.24) is 0 Å². The Hall–Kier alpha value is -0.410. The molecule has 1 rings (SSSR count). The first-order valence-electron chi connectivity index (χ1n) is 2.90. The third kappa shape index (κ3) is 0.976. The van der Waals surface area contributed by atoms with E-state index in [2.05, 4.69) is 0 Å². The molecule has 1 atom stereocenters. The molecule has 1 heterocycles. The molecule has 1 aliphatic rings. The van der Waals surface area contributed by atoms with E-state index in [1.54, 1.807) is 13.8 Å². The maximum Gasteiger partial charge on any atom is 0.194 e. The van der Waals surface area contributed by atoms with Crippen molar-refractivity contribution >= 4 is 5.78 Å². The minimum Gasteiger partial charge on any atom is -0.383 e. The van der Waals surface area contributed by atoms with Crippen molar-refractivity contribution in [3.63, 3.8) is 0 Å². The molecular weight excluding hydrogens is 120 g/mol. The second-order valence-electron chi connectivity index (χ2n) is 2.70. The van der Waals surface area contributed by atoms with Gasteiger partial charge in [-0.15, -0.1) is 0 Å². The largest absolute Gasteiger partial charge is 0.383 e. The summed E-state index contributed by atoms with van der Waals surface area (Å²) in [5, 5.41) is 8.86. The molecule has 52 valence electrons. The molecule has 0 aliphatic carbocycles. The number of carbonyl (C=O) groups is 1. The van der Waals surface area contributed by atoms with Crippen LogP contribution in [0.3, 0.4) is 0 Å². The van der Waals surface area contributed by atoms with Crippen LogP contribution in [-0.2, 0) is 9.53 Å². The van der Waals surface area contributed by atoms with Crippen molar-refractivity contribution in [3.8, 4) is 0 Å². The molecule has 1 saturated heterocycles. The van der Waals surface area contributed by atoms with Gasteiger partial charge in [0.05, 0.1) is 6.61 Å². The molecule has 0 aromatic carbocycles. The number of hydrogen-bond acceptors (Lipinski definition) is 3. The number of Topliss-reactive ketones (excluding diaryl/α,β-unsaturated/α-hetero) is 1. The molecule has 3 heteroatoms. The molecule has 0 spiro atoms. The maximum absolute atomic E-state index is 10.9. The summed E-state index contributed by atoms with van der Waals surface area (Å²) in [6, 6.07) is 0. The summed E-state index contributed by atoms with van der Waals surface area (Å²) >= 11 is 0. The minimum absolute atomic E-state index is 0.145. The van der Waals surface area contributed by atoms with Gasteiger partial charge in [0.2, 0.25) is 0 Å². The van der Waals surface area contributed by atoms with Crippen LogP contribution in [0.25, 0.3) is 0 Å². The standard InChI is InChI=1S/C6H10O3/c1-6(2)5(8)4(7)3-9-6/h4,7H,3H2,1-2H3. The Morgan fingerprint density at radius 1 is 1.78 bits per heavy atom. The molecule has 0 aromatic rings. The van der Waals surface area contributed by atoms with Gasteiger partial charge in [-0.25, -0.2) is 0 Å². The highest BCUT2D eigenvalue weighted by Crippen LogP contribution is 2.20. The fourth-order valence-electron chi connectivity index (χ4n) is 0.835. The molecule has 1 aliphatic heterocycles. The van der Waals surface area contributed by atoms with Crippen molar-refractivity contribution in [2.75, 3.05) is 6.61 Å². The third-order valence-corrected chi connectivity index (χ3v) is 1.50. The molecule has 1 fully saturated rings. The van der Waals surface area contributed by atoms with E-state index in [9.17, 15) is 4.79 Å². The zero-order valence-electron chi connectivity index (χ0n) is 5.55. The predicted octanol–water partition coefficient (Wildman–Crippen LogP) is -0.275. The van der Waals surface area contributed by atoms with Gasteiger partial charge >= 0.3 is 0 Å². The summed E-state index contributed by atoms with van der Waals surface area (Å²) < 4.78 is 4.97. The van der Waals surface area contributed by atoms with Gasteiger partial charge in [0.1, 0.15) is 11.7 Å². The SMILES string of the molecule is CC1(C)OCC(O)C1=O. The third-order valence-electron chi connectivity index (χ3n) is 1.50. The van der Waals surface area contributed by atoms with Crippen LogP contribution in [0.2, 0.25) is 0 Å². The summed E-state index contributed by atoms with van der Waals surface area (Å²) in [7, 11) is 0. The second kappa shape index (κ2) is 1.78. The number of aliphatic hydroxyl groups excluding tert-OH is 1. The number of carbonyl (C=O) groups excluding carboxylic acids is 1. The smallest absolute Gasteiger partial charge is 0.194 e. The Labute approximate surface area is 53.6 Å². The second-order valence-corrected chi connectivity index (χ2v) is 2.70. The van der Waals surface area contributed by atoms with E-state index in [4.69, 9.17) is 9.84 Å². The fourth-order valence-corrected chi connectivity index (χ4v) is 0.835. The molecule has 0 radical (unpaired) electrons. The van der Waals surface area contributed by atoms with Crippen molar-refractivity contribution < 1.29 is 14.6 Å². The average molecular weight is 130 g/mol. The van der Waals surface area contributed by atoms with Gasteiger partial charge < -0.3 is 9.84 Å². The number of rotatable bonds is 0. The zero-order valence-corrected chi connectivity index (χ0v) is 5.55. The van der Waals surface area contributed by atoms with Crippen LogP contribution in [0.1, 0.15) is 13.8 Å². The van der Waals surface area contributed by atoms with E-state index in [1.807, 2.05) is 0 Å². The quantitative estimate of drug-likeness (QED) is 0.490. The molecule has 1 unspecified atom stereocenters. The van der Waals surface area contributed by atoms with Crippen LogP contribution in [-0.4, -0.2) is 29.2 Å². The van der Waals surface area contributed by atoms with Crippen LogP contribution in [0.4, 0.5) is 0 Å². The average Bonchev–Trinajstić information content (AvgIpc) is 1.97. The summed E-state index contributed by atoms with van der Waals surface area (Å²) in [4.78, 5) is 10.9. The van der Waals surface area contributed by atoms with Crippen LogP contribution >= 0.6 is 0 Å². The maximum atomic E-state index is 10.9. The minimum atomic E-state index is -0.903. The zero-order chi connectivity index (χ0) is 7.07. The lowest BCUT2D eigenvalue weighted by atomic mass is 10.0. The van der Waals surface area contributed by atoms with Crippen LogP contribution in [0.5, 0.6) is 0 Å². The Morgan fingerprint density at radius 3 is 2.44 bits per heavy atom. The Morgan fingerprint density at radius 2 is 2.33 bits per heavy atom. The lowest BCUT2D eigenvalue weighted by Gasteiger charge is -2.12. The first kappa shape index (κ1) is 6.71. The number of ether oxygens (including phenoxy) is 1. The van der Waals surface area contributed by atoms with E-state index in [0.717, 1.165) is 0 Å². The lowest BCUT2D eigenvalue weighted by molar-refractivity contribution is -0.132. The number of hydrogen-bond donors (Lipinski definition) is 1. The summed E-state index contributed by atoms with van der Waals surface area (Å²) in [5.74, 6) is -0.220. The highest BCUT2D eigenvalue weighted by Gasteiger charge is 2.40. The topological polar surface area (TPSA) is 46.5 Å². The fraction of sp³-hybridized carbons (Fsp3) is 0.833. The Balaban J connectivity index is 2.74. The van der Waals surface area contributed by atoms with E-state index < -0.39 is 11.7 Å². The van der Waals surface area contributed by atoms with Crippen LogP contribution in [0.15, 0.2) is 0 Å². The van der Waals surface area contributed by atoms with Gasteiger partial charge in [-0.1, -0.05) is 0 Å².